The quantitative estimate of drug-likeness (QED) is 0.395. The van der Waals surface area contributed by atoms with Crippen LogP contribution in [0.1, 0.15) is 5.56 Å². The molecular formula is C19H14FN5O3. The molecule has 2 aromatic carbocycles. The van der Waals surface area contributed by atoms with Crippen molar-refractivity contribution in [2.75, 3.05) is 7.11 Å². The molecule has 0 aliphatic carbocycles. The molecule has 0 bridgehead atoms. The molecule has 140 valence electrons. The molecule has 0 N–H and O–H groups in total. The molecule has 0 radical (unpaired) electrons. The van der Waals surface area contributed by atoms with E-state index in [0.717, 1.165) is 11.1 Å². The van der Waals surface area contributed by atoms with Crippen LogP contribution in [0.15, 0.2) is 48.8 Å². The van der Waals surface area contributed by atoms with Crippen LogP contribution in [-0.4, -0.2) is 31.6 Å². The van der Waals surface area contributed by atoms with E-state index in [1.54, 1.807) is 36.0 Å². The molecule has 0 spiro atoms. The van der Waals surface area contributed by atoms with Crippen LogP contribution in [0.3, 0.4) is 0 Å². The van der Waals surface area contributed by atoms with Gasteiger partial charge in [-0.1, -0.05) is 0 Å². The van der Waals surface area contributed by atoms with E-state index < -0.39 is 4.92 Å². The van der Waals surface area contributed by atoms with Gasteiger partial charge in [0.2, 0.25) is 0 Å². The van der Waals surface area contributed by atoms with E-state index in [0.29, 0.717) is 22.7 Å². The van der Waals surface area contributed by atoms with E-state index in [1.165, 1.54) is 31.4 Å². The number of ether oxygens (including phenoxy) is 1. The Morgan fingerprint density at radius 2 is 2.00 bits per heavy atom. The van der Waals surface area contributed by atoms with Crippen molar-refractivity contribution >= 4 is 11.3 Å². The van der Waals surface area contributed by atoms with Gasteiger partial charge in [-0.2, -0.15) is 0 Å². The number of fused-ring (bicyclic) bond motifs is 1. The molecule has 0 amide bonds. The Labute approximate surface area is 158 Å². The minimum absolute atomic E-state index is 0.120. The highest BCUT2D eigenvalue weighted by Gasteiger charge is 2.18. The smallest absolute Gasteiger partial charge is 0.310 e. The summed E-state index contributed by atoms with van der Waals surface area (Å²) in [5.41, 5.74) is 3.09. The number of hydrogen-bond acceptors (Lipinski definition) is 6. The molecule has 0 atom stereocenters. The summed E-state index contributed by atoms with van der Waals surface area (Å²) < 4.78 is 20.2. The van der Waals surface area contributed by atoms with Crippen LogP contribution < -0.4 is 4.74 Å². The van der Waals surface area contributed by atoms with E-state index in [1.807, 2.05) is 0 Å². The van der Waals surface area contributed by atoms with Gasteiger partial charge in [-0.05, 0) is 42.8 Å². The topological polar surface area (TPSA) is 95.5 Å². The van der Waals surface area contributed by atoms with Crippen molar-refractivity contribution in [1.29, 1.82) is 0 Å². The third-order valence-electron chi connectivity index (χ3n) is 4.35. The van der Waals surface area contributed by atoms with E-state index >= 15 is 0 Å². The van der Waals surface area contributed by atoms with Crippen molar-refractivity contribution in [2.45, 2.75) is 6.92 Å². The number of methoxy groups -OCH3 is 1. The first kappa shape index (κ1) is 17.5. The van der Waals surface area contributed by atoms with E-state index in [9.17, 15) is 14.5 Å². The summed E-state index contributed by atoms with van der Waals surface area (Å²) in [6, 6.07) is 8.91. The Hall–Kier alpha value is -3.88. The minimum atomic E-state index is -0.515. The predicted molar refractivity (Wildman–Crippen MR) is 99.6 cm³/mol. The number of nitrogens with zero attached hydrogens (tertiary/aromatic N) is 5. The molecule has 4 aromatic rings. The van der Waals surface area contributed by atoms with Gasteiger partial charge >= 0.3 is 5.69 Å². The molecule has 0 aliphatic heterocycles. The molecule has 0 saturated heterocycles. The molecule has 0 saturated carbocycles. The standard InChI is InChI=1S/C19H14FN5O3/c1-11-7-13(20)4-5-14(11)16-9-21-10-18-22-19(23-24(16)18)12-3-6-15(25(26)27)17(8-12)28-2/h3-10H,1-2H3. The van der Waals surface area contributed by atoms with Gasteiger partial charge in [0.05, 0.1) is 30.1 Å². The van der Waals surface area contributed by atoms with Gasteiger partial charge in [0.15, 0.2) is 17.2 Å². The number of rotatable bonds is 4. The molecule has 0 unspecified atom stereocenters. The predicted octanol–water partition coefficient (Wildman–Crippen LogP) is 3.82. The van der Waals surface area contributed by atoms with Gasteiger partial charge < -0.3 is 4.74 Å². The summed E-state index contributed by atoms with van der Waals surface area (Å²) in [6.07, 6.45) is 3.18. The van der Waals surface area contributed by atoms with Crippen LogP contribution in [-0.2, 0) is 0 Å². The van der Waals surface area contributed by atoms with Gasteiger partial charge in [-0.25, -0.2) is 13.9 Å². The molecule has 0 aliphatic rings. The molecule has 0 fully saturated rings. The van der Waals surface area contributed by atoms with Gasteiger partial charge in [-0.3, -0.25) is 15.1 Å². The van der Waals surface area contributed by atoms with E-state index in [2.05, 4.69) is 15.1 Å². The van der Waals surface area contributed by atoms with Gasteiger partial charge in [-0.15, -0.1) is 5.10 Å². The molecular weight excluding hydrogens is 365 g/mol. The lowest BCUT2D eigenvalue weighted by atomic mass is 10.1. The van der Waals surface area contributed by atoms with Crippen molar-refractivity contribution in [3.8, 4) is 28.4 Å². The van der Waals surface area contributed by atoms with E-state index in [4.69, 9.17) is 4.74 Å². The van der Waals surface area contributed by atoms with E-state index in [-0.39, 0.29) is 17.3 Å². The summed E-state index contributed by atoms with van der Waals surface area (Å²) in [4.78, 5) is 19.2. The zero-order valence-electron chi connectivity index (χ0n) is 15.0. The maximum Gasteiger partial charge on any atom is 0.310 e. The van der Waals surface area contributed by atoms with Crippen molar-refractivity contribution in [3.05, 3.63) is 70.3 Å². The lowest BCUT2D eigenvalue weighted by Crippen LogP contribution is -1.97. The second kappa shape index (κ2) is 6.69. The number of aryl methyl sites for hydroxylation is 1. The van der Waals surface area contributed by atoms with Crippen LogP contribution in [0, 0.1) is 22.9 Å². The first-order chi connectivity index (χ1) is 13.5. The maximum atomic E-state index is 13.5. The molecule has 4 rings (SSSR count). The highest BCUT2D eigenvalue weighted by Crippen LogP contribution is 2.32. The van der Waals surface area contributed by atoms with Crippen molar-refractivity contribution in [1.82, 2.24) is 19.6 Å². The van der Waals surface area contributed by atoms with Crippen molar-refractivity contribution in [2.24, 2.45) is 0 Å². The van der Waals surface area contributed by atoms with Crippen molar-refractivity contribution < 1.29 is 14.1 Å². The van der Waals surface area contributed by atoms with Crippen LogP contribution in [0.25, 0.3) is 28.3 Å². The first-order valence-corrected chi connectivity index (χ1v) is 8.28. The summed E-state index contributed by atoms with van der Waals surface area (Å²) in [6.45, 7) is 1.80. The van der Waals surface area contributed by atoms with Crippen molar-refractivity contribution in [3.63, 3.8) is 0 Å². The summed E-state index contributed by atoms with van der Waals surface area (Å²) in [7, 11) is 1.36. The summed E-state index contributed by atoms with van der Waals surface area (Å²) >= 11 is 0. The monoisotopic (exact) mass is 379 g/mol. The zero-order chi connectivity index (χ0) is 19.8. The normalized spacial score (nSPS) is 11.0. The summed E-state index contributed by atoms with van der Waals surface area (Å²) in [5, 5.41) is 15.6. The maximum absolute atomic E-state index is 13.5. The fraction of sp³-hybridized carbons (Fsp3) is 0.105. The Bertz CT molecular complexity index is 1220. The zero-order valence-corrected chi connectivity index (χ0v) is 15.0. The Balaban J connectivity index is 1.86. The third-order valence-corrected chi connectivity index (χ3v) is 4.35. The second-order valence-corrected chi connectivity index (χ2v) is 6.10. The Morgan fingerprint density at radius 1 is 1.18 bits per heavy atom. The molecule has 8 nitrogen and oxygen atoms in total. The highest BCUT2D eigenvalue weighted by atomic mass is 19.1. The molecule has 2 aromatic heterocycles. The highest BCUT2D eigenvalue weighted by molar-refractivity contribution is 5.68. The average molecular weight is 379 g/mol. The third kappa shape index (κ3) is 2.92. The SMILES string of the molecule is COc1cc(-c2nc3cncc(-c4ccc(F)cc4C)n3n2)ccc1[N+](=O)[O-]. The Kier molecular flexibility index (Phi) is 4.19. The number of hydrogen-bond donors (Lipinski definition) is 0. The number of halogens is 1. The fourth-order valence-electron chi connectivity index (χ4n) is 3.00. The lowest BCUT2D eigenvalue weighted by molar-refractivity contribution is -0.385. The number of nitro benzene ring substituents is 1. The van der Waals surface area contributed by atoms with Gasteiger partial charge in [0.25, 0.3) is 0 Å². The number of aromatic nitrogens is 4. The largest absolute Gasteiger partial charge is 0.490 e. The van der Waals surface area contributed by atoms with Crippen LogP contribution in [0.2, 0.25) is 0 Å². The van der Waals surface area contributed by atoms with Crippen LogP contribution in [0.4, 0.5) is 10.1 Å². The summed E-state index contributed by atoms with van der Waals surface area (Å²) in [5.74, 6) is 0.162. The second-order valence-electron chi connectivity index (χ2n) is 6.10. The van der Waals surface area contributed by atoms with Crippen LogP contribution in [0.5, 0.6) is 5.75 Å². The average Bonchev–Trinajstić information content (AvgIpc) is 3.12. The molecule has 9 heteroatoms. The molecule has 2 heterocycles. The number of nitro groups is 1. The molecule has 28 heavy (non-hydrogen) atoms. The first-order valence-electron chi connectivity index (χ1n) is 8.28. The van der Waals surface area contributed by atoms with Gasteiger partial charge in [0.1, 0.15) is 5.82 Å². The van der Waals surface area contributed by atoms with Crippen LogP contribution >= 0.6 is 0 Å². The fourth-order valence-corrected chi connectivity index (χ4v) is 3.00. The lowest BCUT2D eigenvalue weighted by Gasteiger charge is -2.07. The van der Waals surface area contributed by atoms with Gasteiger partial charge in [0, 0.05) is 17.2 Å². The minimum Gasteiger partial charge on any atom is -0.490 e. The Morgan fingerprint density at radius 3 is 2.71 bits per heavy atom. The number of benzene rings is 2.